The Morgan fingerprint density at radius 1 is 1.29 bits per heavy atom. The van der Waals surface area contributed by atoms with E-state index in [1.54, 1.807) is 0 Å². The summed E-state index contributed by atoms with van der Waals surface area (Å²) in [5.41, 5.74) is 4.26. The number of hydrogen-bond acceptors (Lipinski definition) is 5. The minimum absolute atomic E-state index is 0.177. The van der Waals surface area contributed by atoms with Crippen molar-refractivity contribution in [1.82, 2.24) is 14.8 Å². The molecule has 2 heterocycles. The molecule has 1 aromatic heterocycles. The Balaban J connectivity index is 1.87. The van der Waals surface area contributed by atoms with Gasteiger partial charge in [0.05, 0.1) is 0 Å². The smallest absolute Gasteiger partial charge is 0.227 e. The second-order valence-electron chi connectivity index (χ2n) is 6.16. The summed E-state index contributed by atoms with van der Waals surface area (Å²) in [5.74, 6) is 0.956. The van der Waals surface area contributed by atoms with Crippen LogP contribution in [0.2, 0.25) is 0 Å². The quantitative estimate of drug-likeness (QED) is 0.865. The van der Waals surface area contributed by atoms with E-state index in [2.05, 4.69) is 46.6 Å². The molecule has 0 spiro atoms. The Morgan fingerprint density at radius 3 is 2.79 bits per heavy atom. The van der Waals surface area contributed by atoms with Crippen LogP contribution in [0.25, 0.3) is 0 Å². The molecule has 0 unspecified atom stereocenters. The largest absolute Gasteiger partial charge is 0.328 e. The van der Waals surface area contributed by atoms with Gasteiger partial charge in [-0.25, -0.2) is 4.68 Å². The molecule has 1 aliphatic heterocycles. The number of benzene rings is 1. The van der Waals surface area contributed by atoms with Crippen molar-refractivity contribution in [2.45, 2.75) is 43.8 Å². The highest BCUT2D eigenvalue weighted by Crippen LogP contribution is 2.40. The maximum Gasteiger partial charge on any atom is 0.227 e. The number of nitrogens with zero attached hydrogens (tertiary/aromatic N) is 3. The van der Waals surface area contributed by atoms with Crippen LogP contribution >= 0.6 is 11.8 Å². The summed E-state index contributed by atoms with van der Waals surface area (Å²) >= 11 is 1.51. The molecule has 1 atom stereocenters. The van der Waals surface area contributed by atoms with Crippen LogP contribution in [0, 0.1) is 0 Å². The third-order valence-corrected chi connectivity index (χ3v) is 5.27. The number of aromatic nitrogens is 3. The second-order valence-corrected chi connectivity index (χ2v) is 6.93. The third kappa shape index (κ3) is 2.45. The number of allylic oxidation sites excluding steroid dienone is 2. The van der Waals surface area contributed by atoms with Gasteiger partial charge in [0.1, 0.15) is 6.04 Å². The lowest BCUT2D eigenvalue weighted by atomic mass is 9.85. The molecule has 2 aliphatic rings. The predicted octanol–water partition coefficient (Wildman–Crippen LogP) is 3.58. The average Bonchev–Trinajstić information content (AvgIpc) is 3.03. The van der Waals surface area contributed by atoms with E-state index in [1.165, 1.54) is 17.3 Å². The van der Waals surface area contributed by atoms with Crippen molar-refractivity contribution in [2.24, 2.45) is 0 Å². The Kier molecular flexibility index (Phi) is 3.92. The molecule has 1 aromatic carbocycles. The van der Waals surface area contributed by atoms with Crippen molar-refractivity contribution >= 4 is 23.5 Å². The van der Waals surface area contributed by atoms with Crippen LogP contribution in [0.15, 0.2) is 40.7 Å². The number of aryl methyl sites for hydroxylation is 1. The van der Waals surface area contributed by atoms with Crippen LogP contribution in [-0.2, 0) is 11.2 Å². The zero-order valence-corrected chi connectivity index (χ0v) is 14.7. The third-order valence-electron chi connectivity index (χ3n) is 4.73. The van der Waals surface area contributed by atoms with Gasteiger partial charge < -0.3 is 5.32 Å². The number of nitrogens with one attached hydrogen (secondary N) is 1. The Labute approximate surface area is 145 Å². The minimum Gasteiger partial charge on any atom is -0.328 e. The van der Waals surface area contributed by atoms with Gasteiger partial charge in [0.25, 0.3) is 0 Å². The van der Waals surface area contributed by atoms with Crippen molar-refractivity contribution in [2.75, 3.05) is 11.6 Å². The fraction of sp³-hybridized carbons (Fsp3) is 0.389. The Bertz CT molecular complexity index is 822. The van der Waals surface area contributed by atoms with Gasteiger partial charge >= 0.3 is 0 Å². The highest BCUT2D eigenvalue weighted by atomic mass is 32.2. The number of anilines is 1. The zero-order chi connectivity index (χ0) is 16.7. The van der Waals surface area contributed by atoms with E-state index in [4.69, 9.17) is 0 Å². The van der Waals surface area contributed by atoms with Gasteiger partial charge in [-0.2, -0.15) is 4.98 Å². The molecule has 1 N–H and O–H groups in total. The molecule has 4 rings (SSSR count). The topological polar surface area (TPSA) is 59.8 Å². The van der Waals surface area contributed by atoms with Crippen LogP contribution in [0.4, 0.5) is 5.95 Å². The molecule has 0 saturated carbocycles. The van der Waals surface area contributed by atoms with Crippen molar-refractivity contribution in [3.05, 3.63) is 46.7 Å². The molecule has 124 valence electrons. The molecule has 2 aromatic rings. The summed E-state index contributed by atoms with van der Waals surface area (Å²) in [6.07, 6.45) is 5.38. The molecule has 6 heteroatoms. The summed E-state index contributed by atoms with van der Waals surface area (Å²) < 4.78 is 1.87. The monoisotopic (exact) mass is 340 g/mol. The molecule has 0 amide bonds. The summed E-state index contributed by atoms with van der Waals surface area (Å²) in [6.45, 7) is 2.14. The predicted molar refractivity (Wildman–Crippen MR) is 95.3 cm³/mol. The fourth-order valence-electron chi connectivity index (χ4n) is 3.47. The van der Waals surface area contributed by atoms with Crippen molar-refractivity contribution in [3.63, 3.8) is 0 Å². The van der Waals surface area contributed by atoms with Gasteiger partial charge in [-0.05, 0) is 36.6 Å². The first kappa shape index (κ1) is 15.4. The molecular weight excluding hydrogens is 320 g/mol. The second kappa shape index (κ2) is 6.09. The number of carbonyl (C=O) groups excluding carboxylic acids is 1. The minimum atomic E-state index is -0.177. The van der Waals surface area contributed by atoms with Gasteiger partial charge in [0, 0.05) is 17.7 Å². The van der Waals surface area contributed by atoms with E-state index in [0.29, 0.717) is 6.42 Å². The van der Waals surface area contributed by atoms with E-state index in [0.717, 1.165) is 47.2 Å². The highest BCUT2D eigenvalue weighted by Gasteiger charge is 2.36. The van der Waals surface area contributed by atoms with Gasteiger partial charge in [0.2, 0.25) is 11.1 Å². The average molecular weight is 340 g/mol. The molecule has 0 fully saturated rings. The lowest BCUT2D eigenvalue weighted by Crippen LogP contribution is -2.31. The molecule has 0 saturated heterocycles. The molecule has 0 bridgehead atoms. The lowest BCUT2D eigenvalue weighted by molar-refractivity contribution is -0.116. The van der Waals surface area contributed by atoms with Crippen LogP contribution in [0.1, 0.15) is 43.4 Å². The van der Waals surface area contributed by atoms with Gasteiger partial charge in [-0.1, -0.05) is 43.0 Å². The number of Topliss-reactive ketones (excluding diaryl/α,β-unsaturated/α-hetero) is 1. The summed E-state index contributed by atoms with van der Waals surface area (Å²) in [6, 6.07) is 8.33. The van der Waals surface area contributed by atoms with E-state index in [1.807, 2.05) is 10.9 Å². The lowest BCUT2D eigenvalue weighted by Gasteiger charge is -2.32. The van der Waals surface area contributed by atoms with Crippen LogP contribution in [-0.4, -0.2) is 26.8 Å². The summed E-state index contributed by atoms with van der Waals surface area (Å²) in [7, 11) is 0. The molecule has 0 radical (unpaired) electrons. The van der Waals surface area contributed by atoms with E-state index in [9.17, 15) is 4.79 Å². The van der Waals surface area contributed by atoms with Crippen LogP contribution in [0.3, 0.4) is 0 Å². The first-order chi connectivity index (χ1) is 11.7. The number of hydrogen-bond donors (Lipinski definition) is 1. The normalized spacial score (nSPS) is 19.8. The molecule has 5 nitrogen and oxygen atoms in total. The van der Waals surface area contributed by atoms with Gasteiger partial charge in [0.15, 0.2) is 5.78 Å². The van der Waals surface area contributed by atoms with Crippen LogP contribution < -0.4 is 5.32 Å². The number of ketones is 1. The number of carbonyl (C=O) groups is 1. The molecule has 1 aliphatic carbocycles. The standard InChI is InChI=1S/C18H20N4OS/c1-3-11-7-9-12(10-8-11)16-15-13(5-4-6-14(15)23)19-17-20-18(24-2)21-22(16)17/h7-10,16H,3-6H2,1-2H3,(H,19,20,21)/t16-/m0/s1. The Hall–Kier alpha value is -2.08. The van der Waals surface area contributed by atoms with Gasteiger partial charge in [-0.15, -0.1) is 5.10 Å². The number of rotatable bonds is 3. The maximum absolute atomic E-state index is 12.7. The van der Waals surface area contributed by atoms with Crippen LogP contribution in [0.5, 0.6) is 0 Å². The van der Waals surface area contributed by atoms with Crippen molar-refractivity contribution < 1.29 is 4.79 Å². The fourth-order valence-corrected chi connectivity index (χ4v) is 3.81. The summed E-state index contributed by atoms with van der Waals surface area (Å²) in [5, 5.41) is 8.68. The number of thioether (sulfide) groups is 1. The van der Waals surface area contributed by atoms with E-state index >= 15 is 0 Å². The first-order valence-corrected chi connectivity index (χ1v) is 9.56. The first-order valence-electron chi connectivity index (χ1n) is 8.34. The van der Waals surface area contributed by atoms with Crippen molar-refractivity contribution in [1.29, 1.82) is 0 Å². The Morgan fingerprint density at radius 2 is 2.08 bits per heavy atom. The highest BCUT2D eigenvalue weighted by molar-refractivity contribution is 7.98. The number of fused-ring (bicyclic) bond motifs is 1. The SMILES string of the molecule is CCc1ccc([C@H]2C3=C(CCCC3=O)Nc3nc(SC)nn32)cc1. The maximum atomic E-state index is 12.7. The van der Waals surface area contributed by atoms with Gasteiger partial charge in [-0.3, -0.25) is 4.79 Å². The molecule has 24 heavy (non-hydrogen) atoms. The van der Waals surface area contributed by atoms with Crippen molar-refractivity contribution in [3.8, 4) is 0 Å². The van der Waals surface area contributed by atoms with E-state index < -0.39 is 0 Å². The zero-order valence-electron chi connectivity index (χ0n) is 13.9. The van der Waals surface area contributed by atoms with E-state index in [-0.39, 0.29) is 11.8 Å². The molecular formula is C18H20N4OS. The summed E-state index contributed by atoms with van der Waals surface area (Å²) in [4.78, 5) is 17.2.